The number of hydrogen-bond donors (Lipinski definition) is 2. The molecular weight excluding hydrogens is 264 g/mol. The fourth-order valence-corrected chi connectivity index (χ4v) is 2.33. The molecule has 1 rings (SSSR count). The Hall–Kier alpha value is -2.11. The van der Waals surface area contributed by atoms with E-state index in [4.69, 9.17) is 5.73 Å². The van der Waals surface area contributed by atoms with E-state index in [1.54, 1.807) is 6.21 Å². The van der Waals surface area contributed by atoms with Crippen LogP contribution in [0.25, 0.3) is 0 Å². The van der Waals surface area contributed by atoms with Gasteiger partial charge in [-0.05, 0) is 38.3 Å². The van der Waals surface area contributed by atoms with E-state index in [1.165, 1.54) is 25.5 Å². The van der Waals surface area contributed by atoms with E-state index in [0.717, 1.165) is 24.8 Å². The molecule has 1 saturated heterocycles. The van der Waals surface area contributed by atoms with Crippen molar-refractivity contribution in [1.29, 1.82) is 0 Å². The van der Waals surface area contributed by atoms with Gasteiger partial charge in [-0.2, -0.15) is 0 Å². The van der Waals surface area contributed by atoms with Gasteiger partial charge in [-0.3, -0.25) is 4.99 Å². The van der Waals surface area contributed by atoms with Crippen LogP contribution in [-0.4, -0.2) is 44.3 Å². The lowest BCUT2D eigenvalue weighted by atomic mass is 9.96. The van der Waals surface area contributed by atoms with E-state index < -0.39 is 0 Å². The third-order valence-corrected chi connectivity index (χ3v) is 3.59. The van der Waals surface area contributed by atoms with Gasteiger partial charge in [0.25, 0.3) is 0 Å². The summed E-state index contributed by atoms with van der Waals surface area (Å²) < 4.78 is 0. The number of nitrogens with zero attached hydrogens (tertiary/aromatic N) is 4. The molecule has 116 valence electrons. The lowest BCUT2D eigenvalue weighted by Crippen LogP contribution is -2.34. The number of nitrogens with one attached hydrogen (secondary N) is 1. The number of likely N-dealkylation sites (tertiary alicyclic amines) is 1. The minimum atomic E-state index is 0.389. The van der Waals surface area contributed by atoms with E-state index in [9.17, 15) is 0 Å². The maximum absolute atomic E-state index is 5.34. The molecule has 1 atom stereocenters. The van der Waals surface area contributed by atoms with Gasteiger partial charge in [-0.1, -0.05) is 13.3 Å². The highest BCUT2D eigenvalue weighted by Gasteiger charge is 2.19. The normalized spacial score (nSPS) is 20.6. The van der Waals surface area contributed by atoms with Crippen molar-refractivity contribution in [3.63, 3.8) is 0 Å². The highest BCUT2D eigenvalue weighted by Crippen LogP contribution is 2.22. The maximum Gasteiger partial charge on any atom is 0.142 e. The Kier molecular flexibility index (Phi) is 7.86. The summed E-state index contributed by atoms with van der Waals surface area (Å²) >= 11 is 0. The monoisotopic (exact) mass is 290 g/mol. The Morgan fingerprint density at radius 1 is 1.43 bits per heavy atom. The average molecular weight is 290 g/mol. The predicted molar refractivity (Wildman–Crippen MR) is 90.5 cm³/mol. The molecule has 0 spiro atoms. The summed E-state index contributed by atoms with van der Waals surface area (Å²) in [6.07, 6.45) is 8.69. The molecule has 0 amide bonds. The summed E-state index contributed by atoms with van der Waals surface area (Å²) in [5.41, 5.74) is 5.34. The topological polar surface area (TPSA) is 78.4 Å². The van der Waals surface area contributed by atoms with Crippen LogP contribution in [0, 0.1) is 5.92 Å². The summed E-state index contributed by atoms with van der Waals surface area (Å²) in [4.78, 5) is 14.3. The van der Waals surface area contributed by atoms with Crippen molar-refractivity contribution in [3.8, 4) is 0 Å². The Morgan fingerprint density at radius 2 is 2.24 bits per heavy atom. The van der Waals surface area contributed by atoms with Crippen LogP contribution < -0.4 is 11.1 Å². The van der Waals surface area contributed by atoms with Crippen LogP contribution in [0.15, 0.2) is 38.9 Å². The second kappa shape index (κ2) is 9.74. The van der Waals surface area contributed by atoms with E-state index in [1.807, 2.05) is 6.08 Å². The third kappa shape index (κ3) is 5.81. The molecule has 0 aliphatic carbocycles. The molecule has 0 saturated carbocycles. The summed E-state index contributed by atoms with van der Waals surface area (Å²) in [7, 11) is 0. The number of aliphatic imine (C=N–C) groups is 3. The molecule has 21 heavy (non-hydrogen) atoms. The van der Waals surface area contributed by atoms with Crippen LogP contribution in [0.5, 0.6) is 0 Å². The SMILES string of the molecule is C=N/C(=C\N)NC/N=C\C=C(/N=C)N1CCCC(CC)C1. The summed E-state index contributed by atoms with van der Waals surface area (Å²) in [5, 5.41) is 2.93. The van der Waals surface area contributed by atoms with E-state index in [-0.39, 0.29) is 0 Å². The van der Waals surface area contributed by atoms with Crippen molar-refractivity contribution in [2.75, 3.05) is 19.8 Å². The first-order valence-electron chi connectivity index (χ1n) is 7.29. The molecule has 1 heterocycles. The number of allylic oxidation sites excluding steroid dienone is 1. The number of hydrogen-bond acceptors (Lipinski definition) is 6. The lowest BCUT2D eigenvalue weighted by Gasteiger charge is -2.33. The lowest BCUT2D eigenvalue weighted by molar-refractivity contribution is 0.212. The molecule has 6 heteroatoms. The van der Waals surface area contributed by atoms with Crippen molar-refractivity contribution < 1.29 is 0 Å². The van der Waals surface area contributed by atoms with Gasteiger partial charge in [0.15, 0.2) is 0 Å². The summed E-state index contributed by atoms with van der Waals surface area (Å²) in [5.74, 6) is 2.15. The quantitative estimate of drug-likeness (QED) is 0.668. The third-order valence-electron chi connectivity index (χ3n) is 3.59. The minimum Gasteiger partial charge on any atom is -0.402 e. The smallest absolute Gasteiger partial charge is 0.142 e. The molecular formula is C15H26N6. The zero-order valence-electron chi connectivity index (χ0n) is 12.8. The number of rotatable bonds is 8. The molecule has 1 aliphatic heterocycles. The zero-order valence-corrected chi connectivity index (χ0v) is 12.8. The van der Waals surface area contributed by atoms with E-state index >= 15 is 0 Å². The number of nitrogens with two attached hydrogens (primary N) is 1. The molecule has 1 aliphatic rings. The van der Waals surface area contributed by atoms with Gasteiger partial charge >= 0.3 is 0 Å². The second-order valence-corrected chi connectivity index (χ2v) is 4.92. The fraction of sp³-hybridized carbons (Fsp3) is 0.533. The van der Waals surface area contributed by atoms with Gasteiger partial charge in [-0.25, -0.2) is 9.98 Å². The van der Waals surface area contributed by atoms with Gasteiger partial charge in [0.1, 0.15) is 18.3 Å². The molecule has 6 nitrogen and oxygen atoms in total. The van der Waals surface area contributed by atoms with Gasteiger partial charge in [0, 0.05) is 25.5 Å². The van der Waals surface area contributed by atoms with Crippen LogP contribution in [0.3, 0.4) is 0 Å². The van der Waals surface area contributed by atoms with E-state index in [2.05, 4.69) is 45.6 Å². The first kappa shape index (κ1) is 16.9. The molecule has 0 aromatic rings. The van der Waals surface area contributed by atoms with Gasteiger partial charge in [-0.15, -0.1) is 0 Å². The largest absolute Gasteiger partial charge is 0.402 e. The van der Waals surface area contributed by atoms with Crippen molar-refractivity contribution in [2.24, 2.45) is 26.6 Å². The summed E-state index contributed by atoms with van der Waals surface area (Å²) in [6, 6.07) is 0. The maximum atomic E-state index is 5.34. The van der Waals surface area contributed by atoms with Gasteiger partial charge in [0.05, 0.1) is 0 Å². The minimum absolute atomic E-state index is 0.389. The second-order valence-electron chi connectivity index (χ2n) is 4.92. The van der Waals surface area contributed by atoms with Crippen molar-refractivity contribution >= 4 is 19.6 Å². The van der Waals surface area contributed by atoms with E-state index in [0.29, 0.717) is 12.5 Å². The first-order valence-corrected chi connectivity index (χ1v) is 7.29. The fourth-order valence-electron chi connectivity index (χ4n) is 2.33. The summed E-state index contributed by atoms with van der Waals surface area (Å²) in [6.45, 7) is 11.8. The zero-order chi connectivity index (χ0) is 15.5. The Bertz CT molecular complexity index is 424. The van der Waals surface area contributed by atoms with Crippen LogP contribution in [-0.2, 0) is 0 Å². The number of piperidine rings is 1. The van der Waals surface area contributed by atoms with Crippen LogP contribution >= 0.6 is 0 Å². The highest BCUT2D eigenvalue weighted by atomic mass is 15.2. The Labute approximate surface area is 127 Å². The predicted octanol–water partition coefficient (Wildman–Crippen LogP) is 1.73. The van der Waals surface area contributed by atoms with Gasteiger partial charge in [0.2, 0.25) is 0 Å². The molecule has 0 aromatic heterocycles. The molecule has 0 bridgehead atoms. The standard InChI is InChI=1S/C15H26N6/c1-4-13-6-5-9-21(11-13)15(18-3)7-8-19-12-20-14(10-16)17-2/h7-8,10,13,20H,2-6,9,11-12,16H2,1H3/b14-10+,15-7+,19-8-. The highest BCUT2D eigenvalue weighted by molar-refractivity contribution is 5.72. The van der Waals surface area contributed by atoms with Crippen LogP contribution in [0.1, 0.15) is 26.2 Å². The Morgan fingerprint density at radius 3 is 2.86 bits per heavy atom. The first-order chi connectivity index (χ1) is 10.2. The van der Waals surface area contributed by atoms with Crippen LogP contribution in [0.4, 0.5) is 0 Å². The molecule has 1 unspecified atom stereocenters. The van der Waals surface area contributed by atoms with Gasteiger partial charge < -0.3 is 16.0 Å². The molecule has 1 fully saturated rings. The average Bonchev–Trinajstić information content (AvgIpc) is 2.54. The molecule has 0 aromatic carbocycles. The molecule has 3 N–H and O–H groups in total. The van der Waals surface area contributed by atoms with Crippen molar-refractivity contribution in [3.05, 3.63) is 23.9 Å². The molecule has 0 radical (unpaired) electrons. The van der Waals surface area contributed by atoms with Crippen LogP contribution in [0.2, 0.25) is 0 Å². The Balaban J connectivity index is 2.51. The van der Waals surface area contributed by atoms with Crippen molar-refractivity contribution in [2.45, 2.75) is 26.2 Å². The van der Waals surface area contributed by atoms with Crippen molar-refractivity contribution in [1.82, 2.24) is 10.2 Å².